The zero-order chi connectivity index (χ0) is 6.85. The molecule has 0 spiro atoms. The van der Waals surface area contributed by atoms with Crippen LogP contribution in [-0.2, 0) is 4.74 Å². The third-order valence-corrected chi connectivity index (χ3v) is 1.49. The van der Waals surface area contributed by atoms with Crippen molar-refractivity contribution < 1.29 is 9.84 Å². The summed E-state index contributed by atoms with van der Waals surface area (Å²) >= 11 is 0. The van der Waals surface area contributed by atoms with Crippen LogP contribution in [0, 0.1) is 0 Å². The average Bonchev–Trinajstić information content (AvgIpc) is 1.80. The van der Waals surface area contributed by atoms with Gasteiger partial charge in [-0.25, -0.2) is 0 Å². The standard InChI is InChI=1S/C7H12O2/c1-5-3-4-7(8)6(2)9-5/h3-8H,1-2H3/t5-,6-,7+/m1/s1. The van der Waals surface area contributed by atoms with Gasteiger partial charge in [-0.2, -0.15) is 0 Å². The SMILES string of the molecule is C[C@@H]1C=C[C@H](O)[C@@H](C)O1. The first-order valence-electron chi connectivity index (χ1n) is 3.22. The van der Waals surface area contributed by atoms with Gasteiger partial charge >= 0.3 is 0 Å². The highest BCUT2D eigenvalue weighted by atomic mass is 16.5. The summed E-state index contributed by atoms with van der Waals surface area (Å²) in [6.45, 7) is 3.82. The molecule has 0 aliphatic carbocycles. The number of aliphatic hydroxyl groups excluding tert-OH is 1. The van der Waals surface area contributed by atoms with Crippen LogP contribution in [0.25, 0.3) is 0 Å². The Balaban J connectivity index is 2.54. The van der Waals surface area contributed by atoms with E-state index in [4.69, 9.17) is 9.84 Å². The van der Waals surface area contributed by atoms with E-state index in [1.807, 2.05) is 19.9 Å². The van der Waals surface area contributed by atoms with Crippen LogP contribution in [0.2, 0.25) is 0 Å². The van der Waals surface area contributed by atoms with Gasteiger partial charge in [0, 0.05) is 0 Å². The summed E-state index contributed by atoms with van der Waals surface area (Å²) in [4.78, 5) is 0. The Morgan fingerprint density at radius 2 is 2.00 bits per heavy atom. The topological polar surface area (TPSA) is 29.5 Å². The molecule has 0 amide bonds. The molecule has 0 fully saturated rings. The Morgan fingerprint density at radius 3 is 2.44 bits per heavy atom. The van der Waals surface area contributed by atoms with Gasteiger partial charge in [-0.15, -0.1) is 0 Å². The van der Waals surface area contributed by atoms with Gasteiger partial charge in [-0.3, -0.25) is 0 Å². The van der Waals surface area contributed by atoms with Gasteiger partial charge in [-0.05, 0) is 13.8 Å². The third kappa shape index (κ3) is 1.53. The van der Waals surface area contributed by atoms with Crippen LogP contribution >= 0.6 is 0 Å². The van der Waals surface area contributed by atoms with Crippen LogP contribution < -0.4 is 0 Å². The number of hydrogen-bond donors (Lipinski definition) is 1. The van der Waals surface area contributed by atoms with Crippen molar-refractivity contribution in [1.82, 2.24) is 0 Å². The molecule has 2 nitrogen and oxygen atoms in total. The van der Waals surface area contributed by atoms with Gasteiger partial charge in [-0.1, -0.05) is 12.2 Å². The molecule has 1 aliphatic rings. The fraction of sp³-hybridized carbons (Fsp3) is 0.714. The van der Waals surface area contributed by atoms with Crippen LogP contribution in [-0.4, -0.2) is 23.4 Å². The zero-order valence-corrected chi connectivity index (χ0v) is 5.74. The Labute approximate surface area is 55.1 Å². The Bertz CT molecular complexity index is 120. The molecule has 2 heteroatoms. The molecule has 0 aromatic rings. The average molecular weight is 128 g/mol. The molecule has 1 aliphatic heterocycles. The van der Waals surface area contributed by atoms with E-state index < -0.39 is 6.10 Å². The highest BCUT2D eigenvalue weighted by Gasteiger charge is 2.17. The minimum Gasteiger partial charge on any atom is -0.386 e. The molecule has 0 saturated carbocycles. The molecule has 1 rings (SSSR count). The van der Waals surface area contributed by atoms with Crippen LogP contribution in [0.5, 0.6) is 0 Å². The lowest BCUT2D eigenvalue weighted by Gasteiger charge is -2.24. The van der Waals surface area contributed by atoms with E-state index in [1.165, 1.54) is 0 Å². The zero-order valence-electron chi connectivity index (χ0n) is 5.74. The minimum atomic E-state index is -0.416. The molecule has 0 unspecified atom stereocenters. The quantitative estimate of drug-likeness (QED) is 0.487. The van der Waals surface area contributed by atoms with Crippen LogP contribution in [0.4, 0.5) is 0 Å². The Kier molecular flexibility index (Phi) is 1.88. The Hall–Kier alpha value is -0.340. The summed E-state index contributed by atoms with van der Waals surface area (Å²) in [6, 6.07) is 0. The maximum Gasteiger partial charge on any atom is 0.0981 e. The van der Waals surface area contributed by atoms with Crippen molar-refractivity contribution in [3.8, 4) is 0 Å². The lowest BCUT2D eigenvalue weighted by Crippen LogP contribution is -2.31. The molecule has 0 radical (unpaired) electrons. The van der Waals surface area contributed by atoms with Crippen molar-refractivity contribution in [2.24, 2.45) is 0 Å². The van der Waals surface area contributed by atoms with Crippen molar-refractivity contribution in [1.29, 1.82) is 0 Å². The smallest absolute Gasteiger partial charge is 0.0981 e. The molecule has 1 heterocycles. The first-order chi connectivity index (χ1) is 4.20. The van der Waals surface area contributed by atoms with Crippen LogP contribution in [0.3, 0.4) is 0 Å². The largest absolute Gasteiger partial charge is 0.386 e. The fourth-order valence-electron chi connectivity index (χ4n) is 0.891. The summed E-state index contributed by atoms with van der Waals surface area (Å²) < 4.78 is 5.26. The fourth-order valence-corrected chi connectivity index (χ4v) is 0.891. The summed E-state index contributed by atoms with van der Waals surface area (Å²) in [7, 11) is 0. The monoisotopic (exact) mass is 128 g/mol. The summed E-state index contributed by atoms with van der Waals surface area (Å²) in [5, 5.41) is 9.08. The van der Waals surface area contributed by atoms with Crippen molar-refractivity contribution >= 4 is 0 Å². The maximum atomic E-state index is 9.08. The van der Waals surface area contributed by atoms with E-state index >= 15 is 0 Å². The lowest BCUT2D eigenvalue weighted by atomic mass is 10.1. The predicted molar refractivity (Wildman–Crippen MR) is 35.2 cm³/mol. The molecule has 9 heavy (non-hydrogen) atoms. The Morgan fingerprint density at radius 1 is 1.33 bits per heavy atom. The normalized spacial score (nSPS) is 43.2. The van der Waals surface area contributed by atoms with Gasteiger partial charge in [0.05, 0.1) is 18.3 Å². The van der Waals surface area contributed by atoms with Gasteiger partial charge in [0.25, 0.3) is 0 Å². The number of aliphatic hydroxyl groups is 1. The number of ether oxygens (including phenoxy) is 1. The lowest BCUT2D eigenvalue weighted by molar-refractivity contribution is -0.0388. The van der Waals surface area contributed by atoms with Crippen molar-refractivity contribution in [3.63, 3.8) is 0 Å². The van der Waals surface area contributed by atoms with E-state index in [2.05, 4.69) is 0 Å². The van der Waals surface area contributed by atoms with Crippen molar-refractivity contribution in [2.75, 3.05) is 0 Å². The number of rotatable bonds is 0. The second-order valence-electron chi connectivity index (χ2n) is 2.42. The second kappa shape index (κ2) is 2.50. The van der Waals surface area contributed by atoms with E-state index in [-0.39, 0.29) is 12.2 Å². The van der Waals surface area contributed by atoms with E-state index in [1.54, 1.807) is 6.08 Å². The molecule has 3 atom stereocenters. The minimum absolute atomic E-state index is 0.0509. The van der Waals surface area contributed by atoms with Crippen molar-refractivity contribution in [3.05, 3.63) is 12.2 Å². The first-order valence-corrected chi connectivity index (χ1v) is 3.22. The predicted octanol–water partition coefficient (Wildman–Crippen LogP) is 0.711. The molecule has 0 aromatic heterocycles. The van der Waals surface area contributed by atoms with Gasteiger partial charge in [0.2, 0.25) is 0 Å². The molecule has 0 bridgehead atoms. The molecule has 52 valence electrons. The summed E-state index contributed by atoms with van der Waals surface area (Å²) in [5.41, 5.74) is 0. The molecule has 0 aromatic carbocycles. The van der Waals surface area contributed by atoms with Gasteiger partial charge in [0.1, 0.15) is 0 Å². The van der Waals surface area contributed by atoms with E-state index in [0.717, 1.165) is 0 Å². The van der Waals surface area contributed by atoms with Crippen LogP contribution in [0.15, 0.2) is 12.2 Å². The molecule has 0 saturated heterocycles. The molecular formula is C7H12O2. The van der Waals surface area contributed by atoms with E-state index in [0.29, 0.717) is 0 Å². The number of hydrogen-bond acceptors (Lipinski definition) is 2. The van der Waals surface area contributed by atoms with E-state index in [9.17, 15) is 0 Å². The van der Waals surface area contributed by atoms with Gasteiger partial charge < -0.3 is 9.84 Å². The molecule has 1 N–H and O–H groups in total. The van der Waals surface area contributed by atoms with Gasteiger partial charge in [0.15, 0.2) is 0 Å². The van der Waals surface area contributed by atoms with Crippen molar-refractivity contribution in [2.45, 2.75) is 32.2 Å². The second-order valence-corrected chi connectivity index (χ2v) is 2.42. The third-order valence-electron chi connectivity index (χ3n) is 1.49. The maximum absolute atomic E-state index is 9.08. The molecular weight excluding hydrogens is 116 g/mol. The van der Waals surface area contributed by atoms with Crippen LogP contribution in [0.1, 0.15) is 13.8 Å². The highest BCUT2D eigenvalue weighted by Crippen LogP contribution is 2.10. The first kappa shape index (κ1) is 6.78. The summed E-state index contributed by atoms with van der Waals surface area (Å²) in [5.74, 6) is 0. The highest BCUT2D eigenvalue weighted by molar-refractivity contribution is 4.99. The summed E-state index contributed by atoms with van der Waals surface area (Å²) in [6.07, 6.45) is 3.33.